The Hall–Kier alpha value is -3.31. The minimum absolute atomic E-state index is 0.0140. The summed E-state index contributed by atoms with van der Waals surface area (Å²) in [6, 6.07) is 25.4. The number of ether oxygens (including phenoxy) is 1. The van der Waals surface area contributed by atoms with E-state index in [9.17, 15) is 10.1 Å². The average Bonchev–Trinajstić information content (AvgIpc) is 2.90. The Labute approximate surface area is 257 Å². The molecule has 8 heteroatoms. The van der Waals surface area contributed by atoms with Crippen LogP contribution in [0.15, 0.2) is 72.8 Å². The maximum absolute atomic E-state index is 13.5. The number of nitriles is 1. The first-order valence-electron chi connectivity index (χ1n) is 14.3. The van der Waals surface area contributed by atoms with Gasteiger partial charge in [0.05, 0.1) is 24.3 Å². The molecule has 224 valence electrons. The average molecular weight is 606 g/mol. The van der Waals surface area contributed by atoms with Crippen molar-refractivity contribution in [2.45, 2.75) is 71.4 Å². The topological polar surface area (TPSA) is 74.6 Å². The number of anilines is 1. The van der Waals surface area contributed by atoms with Gasteiger partial charge in [0.25, 0.3) is 0 Å². The summed E-state index contributed by atoms with van der Waals surface area (Å²) >= 11 is 6.39. The van der Waals surface area contributed by atoms with Crippen molar-refractivity contribution >= 4 is 31.7 Å². The van der Waals surface area contributed by atoms with E-state index in [0.29, 0.717) is 30.2 Å². The van der Waals surface area contributed by atoms with Gasteiger partial charge in [0.2, 0.25) is 0 Å². The van der Waals surface area contributed by atoms with Gasteiger partial charge in [0, 0.05) is 23.8 Å². The van der Waals surface area contributed by atoms with Gasteiger partial charge in [-0.25, -0.2) is 4.79 Å². The molecule has 0 aliphatic carbocycles. The molecule has 0 heterocycles. The van der Waals surface area contributed by atoms with Crippen molar-refractivity contribution in [3.63, 3.8) is 0 Å². The van der Waals surface area contributed by atoms with Crippen molar-refractivity contribution in [1.29, 1.82) is 5.26 Å². The summed E-state index contributed by atoms with van der Waals surface area (Å²) < 4.78 is 12.7. The van der Waals surface area contributed by atoms with Crippen molar-refractivity contribution in [1.82, 2.24) is 4.90 Å². The molecule has 0 radical (unpaired) electrons. The molecular weight excluding hydrogens is 562 g/mol. The van der Waals surface area contributed by atoms with Gasteiger partial charge in [-0.2, -0.15) is 5.26 Å². The van der Waals surface area contributed by atoms with Crippen molar-refractivity contribution < 1.29 is 14.0 Å². The molecule has 3 rings (SSSR count). The van der Waals surface area contributed by atoms with Gasteiger partial charge < -0.3 is 19.4 Å². The van der Waals surface area contributed by atoms with Crippen LogP contribution in [0.1, 0.15) is 58.8 Å². The lowest BCUT2D eigenvalue weighted by Crippen LogP contribution is -2.46. The number of nitrogens with one attached hydrogen (secondary N) is 1. The smallest absolute Gasteiger partial charge is 0.410 e. The maximum atomic E-state index is 13.5. The number of halogens is 1. The van der Waals surface area contributed by atoms with Gasteiger partial charge in [-0.15, -0.1) is 0 Å². The first kappa shape index (κ1) is 33.2. The molecule has 3 aromatic carbocycles. The summed E-state index contributed by atoms with van der Waals surface area (Å²) in [5, 5.41) is 13.4. The highest BCUT2D eigenvalue weighted by atomic mass is 35.5. The zero-order valence-corrected chi connectivity index (χ0v) is 27.9. The molecule has 0 fully saturated rings. The van der Waals surface area contributed by atoms with Crippen LogP contribution in [0.4, 0.5) is 10.5 Å². The van der Waals surface area contributed by atoms with Crippen molar-refractivity contribution in [2.24, 2.45) is 0 Å². The monoisotopic (exact) mass is 605 g/mol. The SMILES string of the molecule is CC(C)(C)OC(=O)N(CCNc1cccc(-c2cccc(C#N)c2)c1)CC(O[Si](C)(C)C(C)(C)C)c1cccc(Cl)c1. The van der Waals surface area contributed by atoms with E-state index >= 15 is 0 Å². The van der Waals surface area contributed by atoms with Crippen LogP contribution >= 0.6 is 11.6 Å². The molecule has 42 heavy (non-hydrogen) atoms. The second-order valence-corrected chi connectivity index (χ2v) is 18.2. The Morgan fingerprint density at radius 1 is 0.976 bits per heavy atom. The summed E-state index contributed by atoms with van der Waals surface area (Å²) in [6.07, 6.45) is -0.759. The van der Waals surface area contributed by atoms with Crippen LogP contribution < -0.4 is 5.32 Å². The van der Waals surface area contributed by atoms with E-state index in [2.05, 4.69) is 45.3 Å². The van der Waals surface area contributed by atoms with Gasteiger partial charge in [0.1, 0.15) is 5.60 Å². The zero-order valence-electron chi connectivity index (χ0n) is 26.1. The summed E-state index contributed by atoms with van der Waals surface area (Å²) in [5.74, 6) is 0. The van der Waals surface area contributed by atoms with Crippen LogP contribution in [0.25, 0.3) is 11.1 Å². The highest BCUT2D eigenvalue weighted by molar-refractivity contribution is 6.74. The Balaban J connectivity index is 1.84. The number of benzene rings is 3. The Bertz CT molecular complexity index is 1410. The first-order valence-corrected chi connectivity index (χ1v) is 17.6. The molecule has 0 spiro atoms. The van der Waals surface area contributed by atoms with E-state index in [4.69, 9.17) is 20.8 Å². The van der Waals surface area contributed by atoms with Gasteiger partial charge >= 0.3 is 6.09 Å². The van der Waals surface area contributed by atoms with E-state index in [0.717, 1.165) is 22.4 Å². The number of amides is 1. The molecule has 1 atom stereocenters. The number of carbonyl (C=O) groups is 1. The number of hydrogen-bond donors (Lipinski definition) is 1. The zero-order chi connectivity index (χ0) is 31.1. The fourth-order valence-electron chi connectivity index (χ4n) is 4.15. The molecular formula is C34H44ClN3O3Si. The molecule has 0 aliphatic heterocycles. The summed E-state index contributed by atoms with van der Waals surface area (Å²) in [5.41, 5.74) is 3.81. The lowest BCUT2D eigenvalue weighted by atomic mass is 10.0. The first-order chi connectivity index (χ1) is 19.6. The molecule has 0 saturated carbocycles. The van der Waals surface area contributed by atoms with Crippen LogP contribution in [-0.2, 0) is 9.16 Å². The summed E-state index contributed by atoms with van der Waals surface area (Å²) in [4.78, 5) is 15.2. The molecule has 1 amide bonds. The quantitative estimate of drug-likeness (QED) is 0.233. The Morgan fingerprint density at radius 2 is 1.62 bits per heavy atom. The normalized spacial score (nSPS) is 12.8. The third-order valence-corrected chi connectivity index (χ3v) is 12.1. The molecule has 1 unspecified atom stereocenters. The van der Waals surface area contributed by atoms with Crippen LogP contribution in [0.2, 0.25) is 23.2 Å². The van der Waals surface area contributed by atoms with E-state index in [-0.39, 0.29) is 11.1 Å². The lowest BCUT2D eigenvalue weighted by molar-refractivity contribution is 0.0165. The Morgan fingerprint density at radius 3 is 2.24 bits per heavy atom. The summed E-state index contributed by atoms with van der Waals surface area (Å²) in [7, 11) is -2.20. The highest BCUT2D eigenvalue weighted by Crippen LogP contribution is 2.40. The van der Waals surface area contributed by atoms with Crippen LogP contribution in [0, 0.1) is 11.3 Å². The van der Waals surface area contributed by atoms with Gasteiger partial charge in [-0.05, 0) is 92.0 Å². The maximum Gasteiger partial charge on any atom is 0.410 e. The molecule has 0 aromatic heterocycles. The van der Waals surface area contributed by atoms with E-state index in [1.807, 2.05) is 87.5 Å². The van der Waals surface area contributed by atoms with Crippen LogP contribution in [-0.4, -0.2) is 44.5 Å². The molecule has 1 N–H and O–H groups in total. The predicted octanol–water partition coefficient (Wildman–Crippen LogP) is 9.29. The number of carbonyl (C=O) groups excluding carboxylic acids is 1. The Kier molecular flexibility index (Phi) is 10.9. The number of rotatable bonds is 10. The largest absolute Gasteiger partial charge is 0.444 e. The predicted molar refractivity (Wildman–Crippen MR) is 175 cm³/mol. The molecule has 6 nitrogen and oxygen atoms in total. The third kappa shape index (κ3) is 9.62. The molecule has 0 bridgehead atoms. The van der Waals surface area contributed by atoms with E-state index in [1.54, 1.807) is 11.0 Å². The fraction of sp³-hybridized carbons (Fsp3) is 0.412. The standard InChI is InChI=1S/C34H44ClN3O3Si/c1-33(2,3)40-32(39)38(24-31(28-15-10-16-29(35)21-28)41-42(7,8)34(4,5)6)19-18-37-30-17-11-14-27(22-30)26-13-9-12-25(20-26)23-36/h9-17,20-22,31,37H,18-19,24H2,1-8H3. The minimum Gasteiger partial charge on any atom is -0.444 e. The van der Waals surface area contributed by atoms with Crippen molar-refractivity contribution in [3.05, 3.63) is 88.9 Å². The second-order valence-electron chi connectivity index (χ2n) is 13.0. The summed E-state index contributed by atoms with van der Waals surface area (Å²) in [6.45, 7) is 17.9. The van der Waals surface area contributed by atoms with Crippen LogP contribution in [0.3, 0.4) is 0 Å². The molecule has 0 saturated heterocycles. The van der Waals surface area contributed by atoms with E-state index in [1.165, 1.54) is 0 Å². The van der Waals surface area contributed by atoms with Crippen molar-refractivity contribution in [3.8, 4) is 17.2 Å². The van der Waals surface area contributed by atoms with Gasteiger partial charge in [0.15, 0.2) is 8.32 Å². The molecule has 3 aromatic rings. The van der Waals surface area contributed by atoms with Crippen molar-refractivity contribution in [2.75, 3.05) is 25.0 Å². The molecule has 0 aliphatic rings. The number of nitrogens with zero attached hydrogens (tertiary/aromatic N) is 2. The number of hydrogen-bond acceptors (Lipinski definition) is 5. The van der Waals surface area contributed by atoms with Gasteiger partial charge in [-0.3, -0.25) is 0 Å². The second kappa shape index (κ2) is 13.8. The third-order valence-electron chi connectivity index (χ3n) is 7.40. The highest BCUT2D eigenvalue weighted by Gasteiger charge is 2.40. The van der Waals surface area contributed by atoms with Gasteiger partial charge in [-0.1, -0.05) is 68.8 Å². The minimum atomic E-state index is -2.20. The van der Waals surface area contributed by atoms with Crippen LogP contribution in [0.5, 0.6) is 0 Å². The van der Waals surface area contributed by atoms with E-state index < -0.39 is 20.0 Å². The fourth-order valence-corrected chi connectivity index (χ4v) is 5.62. The lowest BCUT2D eigenvalue weighted by Gasteiger charge is -2.40.